The minimum Gasteiger partial charge on any atom is -0.370 e. The minimum absolute atomic E-state index is 0.762. The molecule has 0 aliphatic carbocycles. The van der Waals surface area contributed by atoms with Crippen LogP contribution in [0, 0.1) is 0 Å². The molecule has 0 saturated heterocycles. The molecule has 0 saturated carbocycles. The Kier molecular flexibility index (Phi) is 2.49. The lowest BCUT2D eigenvalue weighted by atomic mass is 10.2. The maximum atomic E-state index is 4.19. The molecule has 1 rings (SSSR count). The zero-order valence-electron chi connectivity index (χ0n) is 6.65. The summed E-state index contributed by atoms with van der Waals surface area (Å²) < 4.78 is 0. The van der Waals surface area contributed by atoms with Gasteiger partial charge in [0.1, 0.15) is 6.67 Å². The Hall–Kier alpha value is -0.790. The van der Waals surface area contributed by atoms with E-state index >= 15 is 0 Å². The zero-order valence-corrected chi connectivity index (χ0v) is 6.65. The highest BCUT2D eigenvalue weighted by atomic mass is 15.0. The Morgan fingerprint density at radius 2 is 2.50 bits per heavy atom. The summed E-state index contributed by atoms with van der Waals surface area (Å²) in [6.45, 7) is 4.98. The zero-order chi connectivity index (χ0) is 7.40. The predicted molar refractivity (Wildman–Crippen MR) is 44.1 cm³/mol. The van der Waals surface area contributed by atoms with Gasteiger partial charge in [0.25, 0.3) is 0 Å². The molecule has 0 unspecified atom stereocenters. The summed E-state index contributed by atoms with van der Waals surface area (Å²) in [7, 11) is 0. The van der Waals surface area contributed by atoms with Gasteiger partial charge in [-0.05, 0) is 19.4 Å². The van der Waals surface area contributed by atoms with Crippen LogP contribution in [0.15, 0.2) is 16.8 Å². The van der Waals surface area contributed by atoms with Crippen LogP contribution in [0.5, 0.6) is 0 Å². The average Bonchev–Trinajstić information content (AvgIpc) is 1.88. The molecule has 0 aromatic carbocycles. The maximum Gasteiger partial charge on any atom is 0.107 e. The molecule has 10 heavy (non-hydrogen) atoms. The van der Waals surface area contributed by atoms with Crippen LogP contribution in [0.4, 0.5) is 0 Å². The summed E-state index contributed by atoms with van der Waals surface area (Å²) in [5.41, 5.74) is 2.47. The second-order valence-electron chi connectivity index (χ2n) is 2.55. The number of allylic oxidation sites excluding steroid dienone is 2. The van der Waals surface area contributed by atoms with Gasteiger partial charge in [0.05, 0.1) is 0 Å². The standard InChI is InChI=1S/C8H14N2/c1-3-4-8-5-7(2)9-6-10-8/h5,10H,3-4,6H2,1-2H3. The fourth-order valence-corrected chi connectivity index (χ4v) is 1.04. The monoisotopic (exact) mass is 138 g/mol. The fraction of sp³-hybridized carbons (Fsp3) is 0.625. The largest absolute Gasteiger partial charge is 0.370 e. The molecular weight excluding hydrogens is 124 g/mol. The predicted octanol–water partition coefficient (Wildman–Crippen LogP) is 1.69. The van der Waals surface area contributed by atoms with Gasteiger partial charge in [-0.3, -0.25) is 4.99 Å². The first-order chi connectivity index (χ1) is 4.83. The first-order valence-electron chi connectivity index (χ1n) is 3.78. The molecule has 1 heterocycles. The lowest BCUT2D eigenvalue weighted by Crippen LogP contribution is -2.19. The van der Waals surface area contributed by atoms with Crippen molar-refractivity contribution in [3.8, 4) is 0 Å². The fourth-order valence-electron chi connectivity index (χ4n) is 1.04. The molecular formula is C8H14N2. The van der Waals surface area contributed by atoms with Crippen molar-refractivity contribution in [2.45, 2.75) is 26.7 Å². The number of aliphatic imine (C=N–C) groups is 1. The lowest BCUT2D eigenvalue weighted by molar-refractivity contribution is 0.739. The maximum absolute atomic E-state index is 4.19. The van der Waals surface area contributed by atoms with E-state index in [4.69, 9.17) is 0 Å². The number of hydrogen-bond acceptors (Lipinski definition) is 2. The van der Waals surface area contributed by atoms with Crippen molar-refractivity contribution < 1.29 is 0 Å². The minimum atomic E-state index is 0.762. The van der Waals surface area contributed by atoms with Gasteiger partial charge in [0, 0.05) is 11.4 Å². The first-order valence-corrected chi connectivity index (χ1v) is 3.78. The van der Waals surface area contributed by atoms with E-state index in [1.54, 1.807) is 0 Å². The van der Waals surface area contributed by atoms with Gasteiger partial charge >= 0.3 is 0 Å². The van der Waals surface area contributed by atoms with E-state index in [-0.39, 0.29) is 0 Å². The van der Waals surface area contributed by atoms with Crippen LogP contribution >= 0.6 is 0 Å². The second kappa shape index (κ2) is 3.40. The third kappa shape index (κ3) is 1.87. The molecule has 0 aromatic rings. The molecule has 0 amide bonds. The normalized spacial score (nSPS) is 17.4. The molecule has 0 fully saturated rings. The van der Waals surface area contributed by atoms with Crippen molar-refractivity contribution in [3.63, 3.8) is 0 Å². The third-order valence-electron chi connectivity index (χ3n) is 1.54. The summed E-state index contributed by atoms with van der Waals surface area (Å²) in [6.07, 6.45) is 4.46. The summed E-state index contributed by atoms with van der Waals surface area (Å²) in [4.78, 5) is 4.19. The van der Waals surface area contributed by atoms with Crippen molar-refractivity contribution >= 4 is 5.71 Å². The molecule has 0 radical (unpaired) electrons. The van der Waals surface area contributed by atoms with Crippen molar-refractivity contribution in [3.05, 3.63) is 11.8 Å². The molecule has 0 spiro atoms. The average molecular weight is 138 g/mol. The highest BCUT2D eigenvalue weighted by Crippen LogP contribution is 2.04. The molecule has 0 atom stereocenters. The van der Waals surface area contributed by atoms with E-state index in [1.165, 1.54) is 12.1 Å². The van der Waals surface area contributed by atoms with E-state index in [0.717, 1.165) is 18.8 Å². The van der Waals surface area contributed by atoms with Crippen LogP contribution in [-0.2, 0) is 0 Å². The van der Waals surface area contributed by atoms with Crippen LogP contribution in [0.1, 0.15) is 26.7 Å². The highest BCUT2D eigenvalue weighted by Gasteiger charge is 1.99. The summed E-state index contributed by atoms with van der Waals surface area (Å²) in [5.74, 6) is 0. The Morgan fingerprint density at radius 3 is 3.10 bits per heavy atom. The number of nitrogens with one attached hydrogen (secondary N) is 1. The quantitative estimate of drug-likeness (QED) is 0.617. The van der Waals surface area contributed by atoms with E-state index in [2.05, 4.69) is 23.3 Å². The van der Waals surface area contributed by atoms with Gasteiger partial charge in [-0.25, -0.2) is 0 Å². The van der Waals surface area contributed by atoms with Crippen molar-refractivity contribution in [1.82, 2.24) is 5.32 Å². The SMILES string of the molecule is CCCC1=CC(C)=NCN1. The summed E-state index contributed by atoms with van der Waals surface area (Å²) in [6, 6.07) is 0. The number of nitrogens with zero attached hydrogens (tertiary/aromatic N) is 1. The Morgan fingerprint density at radius 1 is 1.70 bits per heavy atom. The van der Waals surface area contributed by atoms with Gasteiger partial charge in [-0.2, -0.15) is 0 Å². The molecule has 2 heteroatoms. The molecule has 0 aromatic heterocycles. The highest BCUT2D eigenvalue weighted by molar-refractivity contribution is 5.93. The van der Waals surface area contributed by atoms with E-state index in [0.29, 0.717) is 0 Å². The molecule has 1 aliphatic heterocycles. The van der Waals surface area contributed by atoms with Crippen LogP contribution in [0.25, 0.3) is 0 Å². The first kappa shape index (κ1) is 7.32. The van der Waals surface area contributed by atoms with Crippen molar-refractivity contribution in [1.29, 1.82) is 0 Å². The topological polar surface area (TPSA) is 24.4 Å². The van der Waals surface area contributed by atoms with Gasteiger partial charge in [-0.15, -0.1) is 0 Å². The number of rotatable bonds is 2. The van der Waals surface area contributed by atoms with Gasteiger partial charge < -0.3 is 5.32 Å². The van der Waals surface area contributed by atoms with Crippen LogP contribution < -0.4 is 5.32 Å². The molecule has 1 aliphatic rings. The van der Waals surface area contributed by atoms with E-state index < -0.39 is 0 Å². The van der Waals surface area contributed by atoms with E-state index in [9.17, 15) is 0 Å². The van der Waals surface area contributed by atoms with Crippen molar-refractivity contribution in [2.24, 2.45) is 4.99 Å². The van der Waals surface area contributed by atoms with Gasteiger partial charge in [0.2, 0.25) is 0 Å². The van der Waals surface area contributed by atoms with Crippen LogP contribution in [0.3, 0.4) is 0 Å². The van der Waals surface area contributed by atoms with E-state index in [1.807, 2.05) is 6.92 Å². The Balaban J connectivity index is 2.51. The Bertz CT molecular complexity index is 168. The molecule has 0 bridgehead atoms. The van der Waals surface area contributed by atoms with Gasteiger partial charge in [-0.1, -0.05) is 13.3 Å². The van der Waals surface area contributed by atoms with Crippen LogP contribution in [0.2, 0.25) is 0 Å². The molecule has 56 valence electrons. The molecule has 1 N–H and O–H groups in total. The van der Waals surface area contributed by atoms with Crippen LogP contribution in [-0.4, -0.2) is 12.4 Å². The lowest BCUT2D eigenvalue weighted by Gasteiger charge is -2.12. The second-order valence-corrected chi connectivity index (χ2v) is 2.55. The third-order valence-corrected chi connectivity index (χ3v) is 1.54. The summed E-state index contributed by atoms with van der Waals surface area (Å²) >= 11 is 0. The van der Waals surface area contributed by atoms with Gasteiger partial charge in [0.15, 0.2) is 0 Å². The Labute approximate surface area is 62.0 Å². The number of hydrogen-bond donors (Lipinski definition) is 1. The molecule has 2 nitrogen and oxygen atoms in total. The summed E-state index contributed by atoms with van der Waals surface area (Å²) in [5, 5.41) is 3.22. The smallest absolute Gasteiger partial charge is 0.107 e. The van der Waals surface area contributed by atoms with Crippen molar-refractivity contribution in [2.75, 3.05) is 6.67 Å².